The third-order valence-electron chi connectivity index (χ3n) is 5.56. The van der Waals surface area contributed by atoms with E-state index in [2.05, 4.69) is 25.0 Å². The highest BCUT2D eigenvalue weighted by atomic mass is 35.5. The van der Waals surface area contributed by atoms with E-state index < -0.39 is 0 Å². The third kappa shape index (κ3) is 6.26. The summed E-state index contributed by atoms with van der Waals surface area (Å²) in [4.78, 5) is 14.6. The van der Waals surface area contributed by atoms with Gasteiger partial charge in [-0.15, -0.1) is 0 Å². The molecule has 2 aromatic heterocycles. The maximum Gasteiger partial charge on any atom is 0.222 e. The predicted octanol–water partition coefficient (Wildman–Crippen LogP) is 6.18. The number of aryl methyl sites for hydroxylation is 2. The summed E-state index contributed by atoms with van der Waals surface area (Å²) in [5.74, 6) is 2.06. The summed E-state index contributed by atoms with van der Waals surface area (Å²) in [6, 6.07) is 12.2. The standard InChI is InChI=1S/C24H28ClN5OS/c1-31-23-18(13-14-22(29-23)30-32-21-10-6-5-9-20(21)25)12-11-17-15-26-24(27-16-17)28-19-7-3-2-4-8-19/h5-6,9-10,13-16,19H,2-4,7-8,11-12H2,1H3,(H,29,30)(H,26,27,28). The van der Waals surface area contributed by atoms with E-state index in [1.54, 1.807) is 7.11 Å². The van der Waals surface area contributed by atoms with Gasteiger partial charge in [0.2, 0.25) is 11.8 Å². The summed E-state index contributed by atoms with van der Waals surface area (Å²) >= 11 is 7.64. The molecule has 32 heavy (non-hydrogen) atoms. The quantitative estimate of drug-likeness (QED) is 0.362. The van der Waals surface area contributed by atoms with E-state index in [-0.39, 0.29) is 0 Å². The largest absolute Gasteiger partial charge is 0.481 e. The van der Waals surface area contributed by atoms with Gasteiger partial charge in [0.1, 0.15) is 5.82 Å². The lowest BCUT2D eigenvalue weighted by Crippen LogP contribution is -2.23. The zero-order valence-electron chi connectivity index (χ0n) is 18.2. The second-order valence-electron chi connectivity index (χ2n) is 7.89. The number of pyridine rings is 1. The van der Waals surface area contributed by atoms with E-state index in [1.165, 1.54) is 44.1 Å². The molecular weight excluding hydrogens is 442 g/mol. The minimum Gasteiger partial charge on any atom is -0.481 e. The summed E-state index contributed by atoms with van der Waals surface area (Å²) < 4.78 is 8.76. The molecule has 0 aliphatic heterocycles. The lowest BCUT2D eigenvalue weighted by molar-refractivity contribution is 0.393. The van der Waals surface area contributed by atoms with Crippen LogP contribution in [0.5, 0.6) is 5.88 Å². The van der Waals surface area contributed by atoms with Crippen molar-refractivity contribution in [3.63, 3.8) is 0 Å². The lowest BCUT2D eigenvalue weighted by atomic mass is 9.96. The number of methoxy groups -OCH3 is 1. The first-order chi connectivity index (χ1) is 15.7. The Labute approximate surface area is 198 Å². The number of hydrogen-bond acceptors (Lipinski definition) is 7. The van der Waals surface area contributed by atoms with Crippen molar-refractivity contribution in [2.45, 2.75) is 55.9 Å². The smallest absolute Gasteiger partial charge is 0.222 e. The molecule has 2 heterocycles. The number of nitrogens with one attached hydrogen (secondary N) is 2. The molecule has 4 rings (SSSR count). The Hall–Kier alpha value is -2.51. The van der Waals surface area contributed by atoms with Gasteiger partial charge in [-0.2, -0.15) is 4.98 Å². The summed E-state index contributed by atoms with van der Waals surface area (Å²) in [7, 11) is 1.64. The molecule has 0 radical (unpaired) electrons. The van der Waals surface area contributed by atoms with Crippen molar-refractivity contribution in [3.05, 3.63) is 64.9 Å². The van der Waals surface area contributed by atoms with Crippen LogP contribution in [0, 0.1) is 0 Å². The molecule has 0 atom stereocenters. The second-order valence-corrected chi connectivity index (χ2v) is 9.15. The molecule has 0 saturated heterocycles. The van der Waals surface area contributed by atoms with Crippen LogP contribution in [-0.4, -0.2) is 28.1 Å². The van der Waals surface area contributed by atoms with Crippen molar-refractivity contribution in [2.75, 3.05) is 17.1 Å². The van der Waals surface area contributed by atoms with E-state index in [0.717, 1.165) is 40.6 Å². The van der Waals surface area contributed by atoms with Gasteiger partial charge in [-0.25, -0.2) is 9.97 Å². The van der Waals surface area contributed by atoms with Crippen molar-refractivity contribution in [2.24, 2.45) is 0 Å². The monoisotopic (exact) mass is 469 g/mol. The van der Waals surface area contributed by atoms with E-state index in [0.29, 0.717) is 16.9 Å². The van der Waals surface area contributed by atoms with Crippen molar-refractivity contribution >= 4 is 35.3 Å². The minimum absolute atomic E-state index is 0.508. The maximum atomic E-state index is 6.21. The Morgan fingerprint density at radius 2 is 1.81 bits per heavy atom. The van der Waals surface area contributed by atoms with Crippen LogP contribution in [0.15, 0.2) is 53.7 Å². The molecule has 0 unspecified atom stereocenters. The van der Waals surface area contributed by atoms with Crippen LogP contribution in [-0.2, 0) is 12.8 Å². The van der Waals surface area contributed by atoms with Gasteiger partial charge in [0.25, 0.3) is 0 Å². The number of rotatable bonds is 9. The van der Waals surface area contributed by atoms with Crippen LogP contribution >= 0.6 is 23.5 Å². The van der Waals surface area contributed by atoms with E-state index in [1.807, 2.05) is 48.8 Å². The van der Waals surface area contributed by atoms with Crippen LogP contribution in [0.4, 0.5) is 11.8 Å². The molecule has 0 amide bonds. The van der Waals surface area contributed by atoms with Gasteiger partial charge in [0.05, 0.1) is 12.1 Å². The highest BCUT2D eigenvalue weighted by Gasteiger charge is 2.14. The van der Waals surface area contributed by atoms with Gasteiger partial charge < -0.3 is 14.8 Å². The Bertz CT molecular complexity index is 1010. The number of anilines is 2. The molecule has 1 fully saturated rings. The number of ether oxygens (including phenoxy) is 1. The van der Waals surface area contributed by atoms with Crippen molar-refractivity contribution in [1.29, 1.82) is 0 Å². The molecule has 6 nitrogen and oxygen atoms in total. The van der Waals surface area contributed by atoms with Crippen LogP contribution in [0.3, 0.4) is 0 Å². The van der Waals surface area contributed by atoms with Crippen molar-refractivity contribution < 1.29 is 4.74 Å². The summed E-state index contributed by atoms with van der Waals surface area (Å²) in [6.45, 7) is 0. The summed E-state index contributed by atoms with van der Waals surface area (Å²) in [5, 5.41) is 4.17. The number of aromatic nitrogens is 3. The molecule has 3 aromatic rings. The topological polar surface area (TPSA) is 72.0 Å². The van der Waals surface area contributed by atoms with E-state index >= 15 is 0 Å². The normalized spacial score (nSPS) is 14.2. The fraction of sp³-hybridized carbons (Fsp3) is 0.375. The zero-order valence-corrected chi connectivity index (χ0v) is 19.8. The average Bonchev–Trinajstić information content (AvgIpc) is 2.84. The first-order valence-corrected chi connectivity index (χ1v) is 12.2. The van der Waals surface area contributed by atoms with Crippen molar-refractivity contribution in [3.8, 4) is 5.88 Å². The second kappa shape index (κ2) is 11.4. The average molecular weight is 470 g/mol. The van der Waals surface area contributed by atoms with Gasteiger partial charge in [-0.1, -0.05) is 43.0 Å². The number of benzene rings is 1. The van der Waals surface area contributed by atoms with Crippen LogP contribution < -0.4 is 14.8 Å². The van der Waals surface area contributed by atoms with Gasteiger partial charge in [-0.3, -0.25) is 0 Å². The van der Waals surface area contributed by atoms with E-state index in [4.69, 9.17) is 16.3 Å². The molecule has 8 heteroatoms. The zero-order chi connectivity index (χ0) is 22.2. The van der Waals surface area contributed by atoms with Crippen molar-refractivity contribution in [1.82, 2.24) is 15.0 Å². The molecule has 1 saturated carbocycles. The fourth-order valence-electron chi connectivity index (χ4n) is 3.79. The Kier molecular flexibility index (Phi) is 8.07. The third-order valence-corrected chi connectivity index (χ3v) is 6.89. The molecule has 2 N–H and O–H groups in total. The van der Waals surface area contributed by atoms with Crippen LogP contribution in [0.2, 0.25) is 5.02 Å². The minimum atomic E-state index is 0.508. The molecule has 1 aliphatic rings. The molecule has 168 valence electrons. The summed E-state index contributed by atoms with van der Waals surface area (Å²) in [5.41, 5.74) is 2.14. The molecule has 0 bridgehead atoms. The number of nitrogens with zero attached hydrogens (tertiary/aromatic N) is 3. The molecular formula is C24H28ClN5OS. The highest BCUT2D eigenvalue weighted by molar-refractivity contribution is 8.00. The van der Waals surface area contributed by atoms with Gasteiger partial charge in [0, 0.05) is 28.9 Å². The Morgan fingerprint density at radius 3 is 2.56 bits per heavy atom. The number of hydrogen-bond donors (Lipinski definition) is 2. The molecule has 1 aliphatic carbocycles. The SMILES string of the molecule is COc1nc(NSc2ccccc2Cl)ccc1CCc1cnc(NC2CCCCC2)nc1. The van der Waals surface area contributed by atoms with Crippen LogP contribution in [0.1, 0.15) is 43.2 Å². The summed E-state index contributed by atoms with van der Waals surface area (Å²) in [6.07, 6.45) is 11.8. The van der Waals surface area contributed by atoms with Gasteiger partial charge >= 0.3 is 0 Å². The highest BCUT2D eigenvalue weighted by Crippen LogP contribution is 2.29. The van der Waals surface area contributed by atoms with Gasteiger partial charge in [0.15, 0.2) is 0 Å². The van der Waals surface area contributed by atoms with Crippen LogP contribution in [0.25, 0.3) is 0 Å². The fourth-order valence-corrected chi connectivity index (χ4v) is 4.69. The predicted molar refractivity (Wildman–Crippen MR) is 132 cm³/mol. The lowest BCUT2D eigenvalue weighted by Gasteiger charge is -2.22. The van der Waals surface area contributed by atoms with Gasteiger partial charge in [-0.05, 0) is 67.5 Å². The number of halogens is 1. The molecule has 1 aromatic carbocycles. The van der Waals surface area contributed by atoms with E-state index in [9.17, 15) is 0 Å². The molecule has 0 spiro atoms. The Morgan fingerprint density at radius 1 is 1.03 bits per heavy atom. The maximum absolute atomic E-state index is 6.21. The first kappa shape index (κ1) is 22.7. The Balaban J connectivity index is 1.32. The first-order valence-electron chi connectivity index (χ1n) is 11.0.